The average Bonchev–Trinajstić information content (AvgIpc) is 2.69. The third kappa shape index (κ3) is 2.11. The maximum atomic E-state index is 9.47. The van der Waals surface area contributed by atoms with E-state index in [2.05, 4.69) is 21.0 Å². The molecule has 1 heterocycles. The summed E-state index contributed by atoms with van der Waals surface area (Å²) in [6.45, 7) is 1.74. The van der Waals surface area contributed by atoms with Gasteiger partial charge < -0.3 is 5.11 Å². The molecule has 1 aromatic carbocycles. The second-order valence-corrected chi connectivity index (χ2v) is 4.19. The molecule has 1 N–H and O–H groups in total. The Kier molecular flexibility index (Phi) is 2.88. The van der Waals surface area contributed by atoms with Gasteiger partial charge in [-0.25, -0.2) is 4.68 Å². The molecule has 0 unspecified atom stereocenters. The molecule has 2 aromatic rings. The average molecular weight is 267 g/mol. The molecule has 0 amide bonds. The lowest BCUT2D eigenvalue weighted by Gasteiger charge is -2.09. The minimum atomic E-state index is -0.467. The molecule has 1 aromatic heterocycles. The molecule has 0 fully saturated rings. The van der Waals surface area contributed by atoms with Crippen LogP contribution in [0.5, 0.6) is 0 Å². The Morgan fingerprint density at radius 2 is 2.27 bits per heavy atom. The van der Waals surface area contributed by atoms with Crippen molar-refractivity contribution >= 4 is 15.9 Å². The lowest BCUT2D eigenvalue weighted by Crippen LogP contribution is -1.97. The molecule has 0 saturated carbocycles. The first-order chi connectivity index (χ1) is 7.18. The number of halogens is 1. The van der Waals surface area contributed by atoms with Crippen LogP contribution in [0.2, 0.25) is 0 Å². The Hall–Kier alpha value is -1.13. The summed E-state index contributed by atoms with van der Waals surface area (Å²) < 4.78 is 2.67. The Labute approximate surface area is 96.5 Å². The molecule has 0 aliphatic rings. The number of aromatic nitrogens is 2. The third-order valence-electron chi connectivity index (χ3n) is 2.20. The van der Waals surface area contributed by atoms with Crippen LogP contribution in [0.1, 0.15) is 18.6 Å². The number of rotatable bonds is 2. The van der Waals surface area contributed by atoms with Crippen molar-refractivity contribution in [1.82, 2.24) is 9.78 Å². The molecule has 0 radical (unpaired) electrons. The van der Waals surface area contributed by atoms with Crippen LogP contribution in [0.3, 0.4) is 0 Å². The normalized spacial score (nSPS) is 12.7. The maximum absolute atomic E-state index is 9.47. The van der Waals surface area contributed by atoms with Crippen LogP contribution >= 0.6 is 15.9 Å². The molecular weight excluding hydrogens is 256 g/mol. The van der Waals surface area contributed by atoms with E-state index in [9.17, 15) is 5.11 Å². The zero-order valence-corrected chi connectivity index (χ0v) is 9.85. The first-order valence-corrected chi connectivity index (χ1v) is 5.45. The summed E-state index contributed by atoms with van der Waals surface area (Å²) in [7, 11) is 0. The highest BCUT2D eigenvalue weighted by Crippen LogP contribution is 2.25. The van der Waals surface area contributed by atoms with Gasteiger partial charge in [0.25, 0.3) is 0 Å². The fraction of sp³-hybridized carbons (Fsp3) is 0.182. The zero-order valence-electron chi connectivity index (χ0n) is 8.26. The Morgan fingerprint density at radius 3 is 2.80 bits per heavy atom. The molecule has 0 saturated heterocycles. The second kappa shape index (κ2) is 4.16. The van der Waals surface area contributed by atoms with Crippen LogP contribution < -0.4 is 0 Å². The highest BCUT2D eigenvalue weighted by atomic mass is 79.9. The van der Waals surface area contributed by atoms with Gasteiger partial charge >= 0.3 is 0 Å². The molecule has 0 spiro atoms. The van der Waals surface area contributed by atoms with Crippen molar-refractivity contribution in [2.24, 2.45) is 0 Å². The first-order valence-electron chi connectivity index (χ1n) is 4.66. The number of benzene rings is 1. The van der Waals surface area contributed by atoms with Gasteiger partial charge in [-0.15, -0.1) is 0 Å². The van der Waals surface area contributed by atoms with Gasteiger partial charge in [0.15, 0.2) is 0 Å². The lowest BCUT2D eigenvalue weighted by atomic mass is 10.1. The van der Waals surface area contributed by atoms with E-state index >= 15 is 0 Å². The van der Waals surface area contributed by atoms with E-state index in [-0.39, 0.29) is 0 Å². The monoisotopic (exact) mass is 266 g/mol. The van der Waals surface area contributed by atoms with Gasteiger partial charge in [0, 0.05) is 16.9 Å². The fourth-order valence-corrected chi connectivity index (χ4v) is 2.12. The summed E-state index contributed by atoms with van der Waals surface area (Å²) in [5.41, 5.74) is 1.85. The lowest BCUT2D eigenvalue weighted by molar-refractivity contribution is 0.198. The Morgan fingerprint density at radius 1 is 1.47 bits per heavy atom. The minimum Gasteiger partial charge on any atom is -0.389 e. The van der Waals surface area contributed by atoms with Crippen LogP contribution in [0.25, 0.3) is 5.69 Å². The Bertz CT molecular complexity index is 452. The van der Waals surface area contributed by atoms with Crippen molar-refractivity contribution < 1.29 is 5.11 Å². The van der Waals surface area contributed by atoms with Gasteiger partial charge in [0.1, 0.15) is 0 Å². The van der Waals surface area contributed by atoms with Crippen molar-refractivity contribution in [3.8, 4) is 5.69 Å². The topological polar surface area (TPSA) is 38.0 Å². The number of hydrogen-bond donors (Lipinski definition) is 1. The summed E-state index contributed by atoms with van der Waals surface area (Å²) >= 11 is 3.43. The van der Waals surface area contributed by atoms with Gasteiger partial charge in [-0.1, -0.05) is 22.0 Å². The summed E-state index contributed by atoms with van der Waals surface area (Å²) in [6, 6.07) is 7.64. The highest BCUT2D eigenvalue weighted by Gasteiger charge is 2.07. The SMILES string of the molecule is C[C@@H](O)c1ccc(-n2cccn2)cc1Br. The van der Waals surface area contributed by atoms with Crippen molar-refractivity contribution in [1.29, 1.82) is 0 Å². The summed E-state index contributed by atoms with van der Waals surface area (Å²) in [4.78, 5) is 0. The van der Waals surface area contributed by atoms with Gasteiger partial charge in [-0.2, -0.15) is 5.10 Å². The maximum Gasteiger partial charge on any atom is 0.0772 e. The van der Waals surface area contributed by atoms with E-state index in [1.54, 1.807) is 17.8 Å². The fourth-order valence-electron chi connectivity index (χ4n) is 1.42. The molecule has 15 heavy (non-hydrogen) atoms. The second-order valence-electron chi connectivity index (χ2n) is 3.33. The predicted octanol–water partition coefficient (Wildman–Crippen LogP) is 2.69. The van der Waals surface area contributed by atoms with E-state index in [0.717, 1.165) is 15.7 Å². The van der Waals surface area contributed by atoms with Crippen molar-refractivity contribution in [2.75, 3.05) is 0 Å². The summed E-state index contributed by atoms with van der Waals surface area (Å²) in [5, 5.41) is 13.6. The van der Waals surface area contributed by atoms with Crippen LogP contribution in [-0.2, 0) is 0 Å². The molecule has 0 aliphatic carbocycles. The minimum absolute atomic E-state index is 0.467. The number of aliphatic hydroxyl groups excluding tert-OH is 1. The van der Waals surface area contributed by atoms with Crippen LogP contribution in [0, 0.1) is 0 Å². The molecular formula is C11H11BrN2O. The molecule has 1 atom stereocenters. The molecule has 4 heteroatoms. The smallest absolute Gasteiger partial charge is 0.0772 e. The number of hydrogen-bond acceptors (Lipinski definition) is 2. The molecule has 0 aliphatic heterocycles. The Balaban J connectivity index is 2.42. The molecule has 0 bridgehead atoms. The quantitative estimate of drug-likeness (QED) is 0.908. The van der Waals surface area contributed by atoms with Gasteiger partial charge in [0.2, 0.25) is 0 Å². The predicted molar refractivity (Wildman–Crippen MR) is 61.9 cm³/mol. The molecule has 3 nitrogen and oxygen atoms in total. The van der Waals surface area contributed by atoms with Crippen LogP contribution in [0.4, 0.5) is 0 Å². The molecule has 78 valence electrons. The van der Waals surface area contributed by atoms with E-state index in [4.69, 9.17) is 0 Å². The van der Waals surface area contributed by atoms with E-state index in [1.165, 1.54) is 0 Å². The van der Waals surface area contributed by atoms with E-state index < -0.39 is 6.10 Å². The summed E-state index contributed by atoms with van der Waals surface area (Å²) in [6.07, 6.45) is 3.14. The third-order valence-corrected chi connectivity index (χ3v) is 2.89. The largest absolute Gasteiger partial charge is 0.389 e. The zero-order chi connectivity index (χ0) is 10.8. The number of nitrogens with zero attached hydrogens (tertiary/aromatic N) is 2. The summed E-state index contributed by atoms with van der Waals surface area (Å²) in [5.74, 6) is 0. The van der Waals surface area contributed by atoms with Gasteiger partial charge in [-0.3, -0.25) is 0 Å². The van der Waals surface area contributed by atoms with Crippen molar-refractivity contribution in [2.45, 2.75) is 13.0 Å². The first kappa shape index (κ1) is 10.4. The van der Waals surface area contributed by atoms with Gasteiger partial charge in [0.05, 0.1) is 11.8 Å². The van der Waals surface area contributed by atoms with Crippen molar-refractivity contribution in [3.63, 3.8) is 0 Å². The molecule has 2 rings (SSSR count). The van der Waals surface area contributed by atoms with E-state index in [0.29, 0.717) is 0 Å². The number of aliphatic hydroxyl groups is 1. The standard InChI is InChI=1S/C11H11BrN2O/c1-8(15)10-4-3-9(7-11(10)12)14-6-2-5-13-14/h2-8,15H,1H3/t8-/m1/s1. The van der Waals surface area contributed by atoms with Crippen molar-refractivity contribution in [3.05, 3.63) is 46.7 Å². The highest BCUT2D eigenvalue weighted by molar-refractivity contribution is 9.10. The van der Waals surface area contributed by atoms with Crippen LogP contribution in [0.15, 0.2) is 41.1 Å². The van der Waals surface area contributed by atoms with Gasteiger partial charge in [-0.05, 0) is 30.7 Å². The van der Waals surface area contributed by atoms with Crippen LogP contribution in [-0.4, -0.2) is 14.9 Å². The van der Waals surface area contributed by atoms with E-state index in [1.807, 2.05) is 30.5 Å².